The number of halogens is 1. The summed E-state index contributed by atoms with van der Waals surface area (Å²) in [5.74, 6) is -3.76. The van der Waals surface area contributed by atoms with Crippen LogP contribution in [-0.4, -0.2) is 123 Å². The number of carbonyl (C=O) groups excluding carboxylic acids is 7. The number of Topliss-reactive ketones (excluding diaryl/α,β-unsaturated/α-hetero) is 2. The minimum Gasteiger partial charge on any atom is -1.00 e. The molecule has 0 aliphatic rings. The van der Waals surface area contributed by atoms with Crippen molar-refractivity contribution < 1.29 is 110 Å². The quantitative estimate of drug-likeness (QED) is 0.0499. The molecule has 5 N–H and O–H groups in total. The standard InChI is InChI=1S/C11H22O3.C11H20O3.C10H17BrO3.C10H21NO3.C9H16O4.B.Na.H2.H/c2*1-6-9(12)8(2)7-10(13)14-11(3,4)5;1-7(8(12)6-11)5-9(13)14-10(2,3)4;1-5-8(12)7(11)6-9(13)14-10(2,3)4;1-6(8(11)12)5-7(10)13-9(2,3)4;;;;/h8-9,12H,6-7H2,1-5H3;8H,6-7H2,1-5H3;7H,5-6H2,1-4H3;7-8,12H,5-6,11H2,1-4H3;6H,5H2,1-4H3,(H,11,12);;;1H;/q;;;;;;+1;;-1/t8-,9?;8-;7-;7-,8?;6-;;;;/m00000..../s1. The minimum absolute atomic E-state index is 0. The van der Waals surface area contributed by atoms with Crippen LogP contribution in [-0.2, 0) is 62.0 Å². The number of aliphatic carboxylic acids is 1. The summed E-state index contributed by atoms with van der Waals surface area (Å²) in [6.07, 6.45) is 1.25. The van der Waals surface area contributed by atoms with Crippen molar-refractivity contribution in [3.8, 4) is 0 Å². The number of aliphatic hydroxyl groups is 2. The van der Waals surface area contributed by atoms with Gasteiger partial charge in [-0.05, 0) is 123 Å². The fourth-order valence-electron chi connectivity index (χ4n) is 4.89. The Morgan fingerprint density at radius 1 is 0.493 bits per heavy atom. The van der Waals surface area contributed by atoms with Crippen molar-refractivity contribution in [3.05, 3.63) is 0 Å². The van der Waals surface area contributed by atoms with Gasteiger partial charge in [0.15, 0.2) is 0 Å². The molecule has 2 unspecified atom stereocenters. The second-order valence-electron chi connectivity index (χ2n) is 22.0. The summed E-state index contributed by atoms with van der Waals surface area (Å²) >= 11 is 3.07. The Hall–Kier alpha value is -2.42. The summed E-state index contributed by atoms with van der Waals surface area (Å²) in [5.41, 5.74) is 3.18. The van der Waals surface area contributed by atoms with E-state index in [4.69, 9.17) is 34.5 Å². The molecule has 20 heteroatoms. The molecule has 0 aromatic rings. The Kier molecular flexibility index (Phi) is 46.5. The third-order valence-corrected chi connectivity index (χ3v) is 8.95. The predicted molar refractivity (Wildman–Crippen MR) is 280 cm³/mol. The minimum atomic E-state index is -0.981. The largest absolute Gasteiger partial charge is 1.00 e. The topological polar surface area (TPSA) is 269 Å². The Labute approximate surface area is 463 Å². The molecule has 17 nitrogen and oxygen atoms in total. The van der Waals surface area contributed by atoms with Crippen molar-refractivity contribution in [1.82, 2.24) is 0 Å². The molecule has 0 saturated heterocycles. The van der Waals surface area contributed by atoms with E-state index in [0.717, 1.165) is 0 Å². The SMILES string of the molecule is CCC(=O)[C@@H](C)CC(=O)OC(C)(C)C.CCC(O)[C@@H](C)CC(=O)OC(C)(C)C.CCC(O)[C@@H](N)CC(=O)OC(C)(C)C.C[C@@H](CC(=O)OC(C)(C)C)C(=O)CBr.C[C@@H](CC(=O)OC(C)(C)C)C(=O)O.[B].[H-].[HH].[Na+]. The van der Waals surface area contributed by atoms with E-state index >= 15 is 0 Å². The monoisotopic (exact) mass is 1090 g/mol. The van der Waals surface area contributed by atoms with Gasteiger partial charge in [-0.2, -0.15) is 0 Å². The summed E-state index contributed by atoms with van der Waals surface area (Å²) in [6.45, 7) is 39.4. The summed E-state index contributed by atoms with van der Waals surface area (Å²) in [4.78, 5) is 89.1. The third-order valence-electron chi connectivity index (χ3n) is 8.40. The summed E-state index contributed by atoms with van der Waals surface area (Å²) < 4.78 is 25.4. The maximum absolute atomic E-state index is 11.4. The van der Waals surface area contributed by atoms with Crippen LogP contribution in [0, 0.1) is 23.7 Å². The predicted octanol–water partition coefficient (Wildman–Crippen LogP) is 6.01. The van der Waals surface area contributed by atoms with E-state index in [1.54, 1.807) is 62.3 Å². The number of rotatable bonds is 19. The number of ether oxygens (including phenoxy) is 5. The molecule has 0 rings (SSSR count). The van der Waals surface area contributed by atoms with E-state index in [1.807, 2.05) is 83.1 Å². The van der Waals surface area contributed by atoms with Crippen LogP contribution in [0.2, 0.25) is 0 Å². The van der Waals surface area contributed by atoms with E-state index in [2.05, 4.69) is 15.9 Å². The number of alkyl halides is 1. The molecule has 0 aromatic carbocycles. The molecule has 0 heterocycles. The van der Waals surface area contributed by atoms with Gasteiger partial charge in [-0.25, -0.2) is 0 Å². The first-order valence-corrected chi connectivity index (χ1v) is 24.9. The fourth-order valence-corrected chi connectivity index (χ4v) is 5.45. The molecular weight excluding hydrogens is 996 g/mol. The van der Waals surface area contributed by atoms with E-state index in [0.29, 0.717) is 19.3 Å². The van der Waals surface area contributed by atoms with E-state index in [9.17, 15) is 48.6 Å². The van der Waals surface area contributed by atoms with Gasteiger partial charge in [-0.3, -0.25) is 38.4 Å². The van der Waals surface area contributed by atoms with Gasteiger partial charge in [0.1, 0.15) is 39.6 Å². The van der Waals surface area contributed by atoms with Crippen LogP contribution in [0.3, 0.4) is 0 Å². The van der Waals surface area contributed by atoms with Crippen LogP contribution in [0.1, 0.15) is 207 Å². The van der Waals surface area contributed by atoms with Crippen LogP contribution in [0.4, 0.5) is 0 Å². The molecular formula is C51H99BBrNNaO16. The van der Waals surface area contributed by atoms with Gasteiger partial charge in [0.05, 0.1) is 55.6 Å². The zero-order chi connectivity index (χ0) is 56.1. The number of carbonyl (C=O) groups is 8. The van der Waals surface area contributed by atoms with Gasteiger partial charge in [-0.1, -0.05) is 64.4 Å². The van der Waals surface area contributed by atoms with Gasteiger partial charge in [0, 0.05) is 34.1 Å². The molecule has 0 saturated carbocycles. The number of carboxylic acids is 1. The second-order valence-corrected chi connectivity index (χ2v) is 22.6. The second kappa shape index (κ2) is 40.0. The van der Waals surface area contributed by atoms with Gasteiger partial charge in [0.2, 0.25) is 0 Å². The van der Waals surface area contributed by atoms with Crippen LogP contribution >= 0.6 is 15.9 Å². The Morgan fingerprint density at radius 3 is 0.986 bits per heavy atom. The summed E-state index contributed by atoms with van der Waals surface area (Å²) in [7, 11) is 0. The first-order chi connectivity index (χ1) is 30.8. The molecule has 0 aliphatic carbocycles. The Balaban J connectivity index is -0.0000000989. The average Bonchev–Trinajstić information content (AvgIpc) is 3.13. The fraction of sp³-hybridized carbons (Fsp3) is 0.843. The normalized spacial score (nSPS) is 14.2. The van der Waals surface area contributed by atoms with Crippen LogP contribution in [0.5, 0.6) is 0 Å². The van der Waals surface area contributed by atoms with Crippen molar-refractivity contribution in [3.63, 3.8) is 0 Å². The van der Waals surface area contributed by atoms with E-state index < -0.39 is 64.1 Å². The number of aliphatic hydroxyl groups excluding tert-OH is 2. The molecule has 415 valence electrons. The molecule has 0 spiro atoms. The van der Waals surface area contributed by atoms with Gasteiger partial charge >= 0.3 is 65.4 Å². The van der Waals surface area contributed by atoms with Crippen molar-refractivity contribution in [2.75, 3.05) is 5.33 Å². The first-order valence-electron chi connectivity index (χ1n) is 23.8. The van der Waals surface area contributed by atoms with Gasteiger partial charge in [-0.15, -0.1) is 0 Å². The zero-order valence-electron chi connectivity index (χ0n) is 49.1. The average molecular weight is 1100 g/mol. The van der Waals surface area contributed by atoms with Gasteiger partial charge < -0.3 is 46.2 Å². The van der Waals surface area contributed by atoms with E-state index in [1.165, 1.54) is 6.92 Å². The number of hydrogen-bond acceptors (Lipinski definition) is 16. The van der Waals surface area contributed by atoms with Crippen LogP contribution < -0.4 is 35.3 Å². The molecule has 0 bridgehead atoms. The maximum atomic E-state index is 11.4. The van der Waals surface area contributed by atoms with Crippen molar-refractivity contribution in [1.29, 1.82) is 0 Å². The zero-order valence-corrected chi connectivity index (χ0v) is 51.7. The molecule has 0 aliphatic heterocycles. The van der Waals surface area contributed by atoms with Crippen molar-refractivity contribution >= 4 is 71.7 Å². The maximum Gasteiger partial charge on any atom is 1.00 e. The number of nitrogens with two attached hydrogens (primary N) is 1. The molecule has 71 heavy (non-hydrogen) atoms. The summed E-state index contributed by atoms with van der Waals surface area (Å²) in [5, 5.41) is 27.6. The molecule has 0 amide bonds. The number of ketones is 2. The smallest absolute Gasteiger partial charge is 1.00 e. The number of carboxylic acid groups (broad SMARTS) is 1. The van der Waals surface area contributed by atoms with Gasteiger partial charge in [0.25, 0.3) is 0 Å². The number of hydrogen-bond donors (Lipinski definition) is 4. The van der Waals surface area contributed by atoms with Crippen LogP contribution in [0.15, 0.2) is 0 Å². The molecule has 3 radical (unpaired) electrons. The Bertz CT molecular complexity index is 1470. The van der Waals surface area contributed by atoms with Crippen molar-refractivity contribution in [2.45, 2.75) is 250 Å². The molecule has 0 fully saturated rings. The molecule has 0 aromatic heterocycles. The van der Waals surface area contributed by atoms with Crippen LogP contribution in [0.25, 0.3) is 0 Å². The summed E-state index contributed by atoms with van der Waals surface area (Å²) in [6, 6.07) is -0.533. The van der Waals surface area contributed by atoms with E-state index in [-0.39, 0.29) is 131 Å². The Morgan fingerprint density at radius 2 is 0.746 bits per heavy atom. The third kappa shape index (κ3) is 58.3. The first kappa shape index (κ1) is 82.6. The van der Waals surface area contributed by atoms with Crippen molar-refractivity contribution in [2.24, 2.45) is 29.4 Å². The number of esters is 5. The molecule has 7 atom stereocenters.